The number of rotatable bonds is 3. The van der Waals surface area contributed by atoms with Gasteiger partial charge in [-0.1, -0.05) is 0 Å². The van der Waals surface area contributed by atoms with E-state index in [1.165, 1.54) is 29.9 Å². The minimum atomic E-state index is -3.90. The minimum Gasteiger partial charge on any atom is -0.398 e. The smallest absolute Gasteiger partial charge is 0.263 e. The number of aromatic nitrogens is 2. The van der Waals surface area contributed by atoms with Crippen LogP contribution in [0.4, 0.5) is 15.9 Å². The molecule has 1 aromatic heterocycles. The molecular weight excluding hydrogens is 271 g/mol. The Morgan fingerprint density at radius 1 is 1.42 bits per heavy atom. The molecule has 0 saturated heterocycles. The van der Waals surface area contributed by atoms with Crippen LogP contribution in [0.15, 0.2) is 29.3 Å². The summed E-state index contributed by atoms with van der Waals surface area (Å²) in [5.41, 5.74) is 5.88. The van der Waals surface area contributed by atoms with E-state index < -0.39 is 15.8 Å². The first-order valence-electron chi connectivity index (χ1n) is 5.37. The molecule has 1 aromatic carbocycles. The van der Waals surface area contributed by atoms with Gasteiger partial charge < -0.3 is 5.73 Å². The topological polar surface area (TPSA) is 90.0 Å². The number of anilines is 2. The molecular formula is C11H13FN4O2S. The molecule has 3 N–H and O–H groups in total. The number of nitrogens with one attached hydrogen (secondary N) is 1. The highest BCUT2D eigenvalue weighted by atomic mass is 32.2. The molecule has 1 heterocycles. The Morgan fingerprint density at radius 2 is 2.11 bits per heavy atom. The van der Waals surface area contributed by atoms with E-state index in [0.29, 0.717) is 0 Å². The summed E-state index contributed by atoms with van der Waals surface area (Å²) in [6.07, 6.45) is 1.45. The molecule has 19 heavy (non-hydrogen) atoms. The van der Waals surface area contributed by atoms with Gasteiger partial charge in [0.1, 0.15) is 11.6 Å². The minimum absolute atomic E-state index is 0.0883. The summed E-state index contributed by atoms with van der Waals surface area (Å²) < 4.78 is 41.4. The summed E-state index contributed by atoms with van der Waals surface area (Å²) >= 11 is 0. The lowest BCUT2D eigenvalue weighted by Crippen LogP contribution is -2.16. The average Bonchev–Trinajstić information content (AvgIpc) is 2.70. The molecule has 8 heteroatoms. The Hall–Kier alpha value is -2.09. The number of hydrogen-bond acceptors (Lipinski definition) is 4. The Balaban J connectivity index is 2.43. The summed E-state index contributed by atoms with van der Waals surface area (Å²) in [6, 6.07) is 3.65. The third kappa shape index (κ3) is 2.53. The van der Waals surface area contributed by atoms with E-state index in [0.717, 1.165) is 6.07 Å². The van der Waals surface area contributed by atoms with Gasteiger partial charge in [-0.25, -0.2) is 12.8 Å². The lowest BCUT2D eigenvalue weighted by molar-refractivity contribution is 0.593. The predicted molar refractivity (Wildman–Crippen MR) is 69.6 cm³/mol. The fourth-order valence-corrected chi connectivity index (χ4v) is 2.63. The molecule has 0 saturated carbocycles. The van der Waals surface area contributed by atoms with E-state index in [1.54, 1.807) is 7.05 Å². The maximum absolute atomic E-state index is 13.5. The van der Waals surface area contributed by atoms with Crippen molar-refractivity contribution in [3.8, 4) is 0 Å². The van der Waals surface area contributed by atoms with Gasteiger partial charge in [-0.3, -0.25) is 9.40 Å². The van der Waals surface area contributed by atoms with Crippen LogP contribution in [0.2, 0.25) is 0 Å². The molecule has 0 unspecified atom stereocenters. The van der Waals surface area contributed by atoms with Crippen molar-refractivity contribution in [1.82, 2.24) is 9.78 Å². The zero-order valence-electron chi connectivity index (χ0n) is 10.4. The molecule has 0 bridgehead atoms. The molecule has 0 amide bonds. The first-order chi connectivity index (χ1) is 8.81. The summed E-state index contributed by atoms with van der Waals surface area (Å²) in [7, 11) is -2.31. The van der Waals surface area contributed by atoms with E-state index in [-0.39, 0.29) is 22.0 Å². The molecule has 102 valence electrons. The predicted octanol–water partition coefficient (Wildman–Crippen LogP) is 1.25. The summed E-state index contributed by atoms with van der Waals surface area (Å²) in [5.74, 6) is -0.384. The van der Waals surface area contributed by atoms with Crippen molar-refractivity contribution in [2.45, 2.75) is 11.8 Å². The van der Waals surface area contributed by atoms with Crippen LogP contribution in [0.1, 0.15) is 5.56 Å². The molecule has 0 aliphatic carbocycles. The Kier molecular flexibility index (Phi) is 3.19. The molecule has 2 aromatic rings. The quantitative estimate of drug-likeness (QED) is 0.830. The monoisotopic (exact) mass is 284 g/mol. The number of nitrogens with zero attached hydrogens (tertiary/aromatic N) is 2. The number of nitrogens with two attached hydrogens (primary N) is 1. The molecule has 0 spiro atoms. The lowest BCUT2D eigenvalue weighted by Gasteiger charge is -2.10. The van der Waals surface area contributed by atoms with Crippen LogP contribution in [-0.4, -0.2) is 18.2 Å². The summed E-state index contributed by atoms with van der Waals surface area (Å²) in [4.78, 5) is -0.227. The van der Waals surface area contributed by atoms with Crippen molar-refractivity contribution < 1.29 is 12.8 Å². The lowest BCUT2D eigenvalue weighted by atomic mass is 10.2. The molecule has 0 fully saturated rings. The number of hydrogen-bond donors (Lipinski definition) is 2. The van der Waals surface area contributed by atoms with Crippen molar-refractivity contribution in [3.05, 3.63) is 35.8 Å². The molecule has 0 atom stereocenters. The van der Waals surface area contributed by atoms with Gasteiger partial charge in [0.05, 0.1) is 11.1 Å². The maximum atomic E-state index is 13.5. The number of sulfonamides is 1. The highest BCUT2D eigenvalue weighted by molar-refractivity contribution is 7.92. The van der Waals surface area contributed by atoms with Crippen LogP contribution in [0, 0.1) is 12.7 Å². The second-order valence-corrected chi connectivity index (χ2v) is 5.75. The van der Waals surface area contributed by atoms with Gasteiger partial charge in [0.25, 0.3) is 10.0 Å². The van der Waals surface area contributed by atoms with Crippen molar-refractivity contribution >= 4 is 21.5 Å². The zero-order chi connectivity index (χ0) is 14.2. The SMILES string of the molecule is Cc1c(N)cc(S(=O)(=O)Nc2ccnn2C)cc1F. The number of nitrogen functional groups attached to an aromatic ring is 1. The van der Waals surface area contributed by atoms with Gasteiger partial charge in [-0.05, 0) is 19.1 Å². The largest absolute Gasteiger partial charge is 0.398 e. The van der Waals surface area contributed by atoms with Crippen LogP contribution in [-0.2, 0) is 17.1 Å². The number of aryl methyl sites for hydroxylation is 1. The van der Waals surface area contributed by atoms with Crippen LogP contribution < -0.4 is 10.5 Å². The van der Waals surface area contributed by atoms with Crippen molar-refractivity contribution in [3.63, 3.8) is 0 Å². The summed E-state index contributed by atoms with van der Waals surface area (Å²) in [6.45, 7) is 1.48. The average molecular weight is 284 g/mol. The highest BCUT2D eigenvalue weighted by Crippen LogP contribution is 2.22. The van der Waals surface area contributed by atoms with Gasteiger partial charge >= 0.3 is 0 Å². The zero-order valence-corrected chi connectivity index (χ0v) is 11.2. The van der Waals surface area contributed by atoms with Crippen molar-refractivity contribution in [1.29, 1.82) is 0 Å². The van der Waals surface area contributed by atoms with Gasteiger partial charge in [0.2, 0.25) is 0 Å². The van der Waals surface area contributed by atoms with Crippen molar-refractivity contribution in [2.24, 2.45) is 7.05 Å². The van der Waals surface area contributed by atoms with Crippen LogP contribution in [0.25, 0.3) is 0 Å². The van der Waals surface area contributed by atoms with Gasteiger partial charge in [0, 0.05) is 24.4 Å². The van der Waals surface area contributed by atoms with Crippen LogP contribution in [0.5, 0.6) is 0 Å². The molecule has 0 radical (unpaired) electrons. The second-order valence-electron chi connectivity index (χ2n) is 4.06. The fourth-order valence-electron chi connectivity index (χ4n) is 1.50. The van der Waals surface area contributed by atoms with Gasteiger partial charge in [0.15, 0.2) is 0 Å². The van der Waals surface area contributed by atoms with Gasteiger partial charge in [-0.15, -0.1) is 0 Å². The normalized spacial score (nSPS) is 11.5. The van der Waals surface area contributed by atoms with Crippen LogP contribution >= 0.6 is 0 Å². The molecule has 0 aliphatic rings. The van der Waals surface area contributed by atoms with E-state index >= 15 is 0 Å². The first kappa shape index (κ1) is 13.3. The third-order valence-electron chi connectivity index (χ3n) is 2.73. The van der Waals surface area contributed by atoms with Crippen LogP contribution in [0.3, 0.4) is 0 Å². The third-order valence-corrected chi connectivity index (χ3v) is 4.06. The first-order valence-corrected chi connectivity index (χ1v) is 6.86. The molecule has 0 aliphatic heterocycles. The van der Waals surface area contributed by atoms with E-state index in [9.17, 15) is 12.8 Å². The Morgan fingerprint density at radius 3 is 2.63 bits per heavy atom. The fraction of sp³-hybridized carbons (Fsp3) is 0.182. The molecule has 6 nitrogen and oxygen atoms in total. The Labute approximate surface area is 110 Å². The highest BCUT2D eigenvalue weighted by Gasteiger charge is 2.18. The van der Waals surface area contributed by atoms with Gasteiger partial charge in [-0.2, -0.15) is 5.10 Å². The molecule has 2 rings (SSSR count). The Bertz CT molecular complexity index is 701. The van der Waals surface area contributed by atoms with Crippen molar-refractivity contribution in [2.75, 3.05) is 10.5 Å². The number of benzene rings is 1. The van der Waals surface area contributed by atoms with E-state index in [1.807, 2.05) is 0 Å². The van der Waals surface area contributed by atoms with E-state index in [4.69, 9.17) is 5.73 Å². The summed E-state index contributed by atoms with van der Waals surface area (Å²) in [5, 5.41) is 3.83. The maximum Gasteiger partial charge on any atom is 0.263 e. The number of halogens is 1. The van der Waals surface area contributed by atoms with E-state index in [2.05, 4.69) is 9.82 Å². The second kappa shape index (κ2) is 4.54. The standard InChI is InChI=1S/C11H13FN4O2S/c1-7-9(12)5-8(6-10(7)13)19(17,18)15-11-3-4-14-16(11)2/h3-6,15H,13H2,1-2H3.